The standard InChI is InChI=1S/C27H33O8PS2/c1-16-10-22(33-6)25(12-17(16)2)36(24-14-27(38(31,32)35-8)20(5)9-19(24)4)26-13-21(15-37(28,29)30)18(3)11-23(26)34-7/h9-14H,15H2,1-8H3,(H,28,29,30). The Morgan fingerprint density at radius 3 is 1.71 bits per heavy atom. The zero-order valence-electron chi connectivity index (χ0n) is 22.7. The van der Waals surface area contributed by atoms with Gasteiger partial charge in [-0.15, -0.1) is 0 Å². The van der Waals surface area contributed by atoms with Gasteiger partial charge in [0.1, 0.15) is 17.3 Å². The lowest BCUT2D eigenvalue weighted by atomic mass is 10.1. The van der Waals surface area contributed by atoms with E-state index < -0.39 is 33.9 Å². The maximum absolute atomic E-state index is 12.8. The predicted octanol–water partition coefficient (Wildman–Crippen LogP) is 3.73. The Labute approximate surface area is 226 Å². The van der Waals surface area contributed by atoms with Crippen LogP contribution in [-0.2, 0) is 30.2 Å². The summed E-state index contributed by atoms with van der Waals surface area (Å²) in [7, 11) is -5.66. The molecular formula is C27H33O8PS2. The number of benzene rings is 3. The van der Waals surface area contributed by atoms with E-state index in [2.05, 4.69) is 0 Å². The molecule has 1 N–H and O–H groups in total. The van der Waals surface area contributed by atoms with E-state index in [0.717, 1.165) is 29.1 Å². The molecule has 0 saturated heterocycles. The molecule has 0 amide bonds. The van der Waals surface area contributed by atoms with Crippen molar-refractivity contribution in [2.24, 2.45) is 0 Å². The lowest BCUT2D eigenvalue weighted by Gasteiger charge is -2.27. The number of ether oxygens (including phenoxy) is 2. The molecule has 3 rings (SSSR count). The normalized spacial score (nSPS) is 12.9. The molecule has 0 saturated carbocycles. The highest BCUT2D eigenvalue weighted by Crippen LogP contribution is 2.43. The van der Waals surface area contributed by atoms with E-state index in [-0.39, 0.29) is 4.90 Å². The van der Waals surface area contributed by atoms with Crippen molar-refractivity contribution >= 4 is 44.1 Å². The van der Waals surface area contributed by atoms with Gasteiger partial charge >= 0.3 is 0 Å². The van der Waals surface area contributed by atoms with E-state index in [1.807, 2.05) is 32.9 Å². The van der Waals surface area contributed by atoms with Crippen LogP contribution in [0.15, 0.2) is 41.3 Å². The topological polar surface area (TPSA) is 116 Å². The number of methoxy groups -OCH3 is 2. The lowest BCUT2D eigenvalue weighted by Crippen LogP contribution is -2.27. The van der Waals surface area contributed by atoms with Crippen LogP contribution >= 0.6 is 7.92 Å². The molecule has 0 radical (unpaired) electrons. The fourth-order valence-electron chi connectivity index (χ4n) is 4.33. The smallest absolute Gasteiger partial charge is 0.296 e. The first-order valence-electron chi connectivity index (χ1n) is 11.6. The molecule has 11 heteroatoms. The van der Waals surface area contributed by atoms with Gasteiger partial charge < -0.3 is 9.47 Å². The molecular weight excluding hydrogens is 547 g/mol. The van der Waals surface area contributed by atoms with E-state index in [9.17, 15) is 21.4 Å². The summed E-state index contributed by atoms with van der Waals surface area (Å²) in [5, 5.41) is 2.17. The Balaban J connectivity index is 2.52. The number of rotatable bonds is 9. The fraction of sp³-hybridized carbons (Fsp3) is 0.333. The summed E-state index contributed by atoms with van der Waals surface area (Å²) in [6.45, 7) is 9.30. The van der Waals surface area contributed by atoms with Gasteiger partial charge in [0.2, 0.25) is 0 Å². The van der Waals surface area contributed by atoms with Crippen molar-refractivity contribution < 1.29 is 35.0 Å². The maximum Gasteiger partial charge on any atom is 0.296 e. The van der Waals surface area contributed by atoms with Crippen LogP contribution in [0.25, 0.3) is 0 Å². The molecule has 0 aliphatic heterocycles. The predicted molar refractivity (Wildman–Crippen MR) is 151 cm³/mol. The molecule has 0 aliphatic carbocycles. The minimum absolute atomic E-state index is 0.0418. The van der Waals surface area contributed by atoms with Crippen molar-refractivity contribution in [1.82, 2.24) is 0 Å². The Bertz CT molecular complexity index is 1600. The second-order valence-corrected chi connectivity index (χ2v) is 14.4. The molecule has 1 unspecified atom stereocenters. The van der Waals surface area contributed by atoms with Gasteiger partial charge in [0.15, 0.2) is 0 Å². The van der Waals surface area contributed by atoms with Gasteiger partial charge in [-0.3, -0.25) is 8.74 Å². The molecule has 0 aromatic heterocycles. The Morgan fingerprint density at radius 2 is 1.18 bits per heavy atom. The largest absolute Gasteiger partial charge is 0.496 e. The first-order valence-corrected chi connectivity index (χ1v) is 16.0. The summed E-state index contributed by atoms with van der Waals surface area (Å²) in [5.41, 5.74) is 4.45. The second-order valence-electron chi connectivity index (χ2n) is 9.15. The third kappa shape index (κ3) is 6.21. The van der Waals surface area contributed by atoms with Crippen molar-refractivity contribution in [3.63, 3.8) is 0 Å². The van der Waals surface area contributed by atoms with Gasteiger partial charge in [-0.05, 0) is 112 Å². The summed E-state index contributed by atoms with van der Waals surface area (Å²) in [4.78, 5) is 0.0418. The molecule has 0 heterocycles. The maximum atomic E-state index is 12.8. The zero-order chi connectivity index (χ0) is 28.6. The molecule has 3 aromatic carbocycles. The molecule has 0 bridgehead atoms. The van der Waals surface area contributed by atoms with Gasteiger partial charge in [-0.1, -0.05) is 6.07 Å². The van der Waals surface area contributed by atoms with Crippen LogP contribution in [-0.4, -0.2) is 42.7 Å². The number of aryl methyl sites for hydroxylation is 5. The monoisotopic (exact) mass is 580 g/mol. The summed E-state index contributed by atoms with van der Waals surface area (Å²) < 4.78 is 75.3. The third-order valence-corrected chi connectivity index (χ3v) is 11.2. The molecule has 38 heavy (non-hydrogen) atoms. The highest BCUT2D eigenvalue weighted by Gasteiger charge is 2.29. The molecule has 8 nitrogen and oxygen atoms in total. The van der Waals surface area contributed by atoms with Crippen LogP contribution in [0.1, 0.15) is 33.4 Å². The van der Waals surface area contributed by atoms with Gasteiger partial charge in [0.25, 0.3) is 20.2 Å². The van der Waals surface area contributed by atoms with Crippen molar-refractivity contribution in [3.8, 4) is 11.5 Å². The molecule has 0 fully saturated rings. The number of hydrogen-bond acceptors (Lipinski definition) is 7. The van der Waals surface area contributed by atoms with Crippen molar-refractivity contribution in [2.45, 2.75) is 45.3 Å². The highest BCUT2D eigenvalue weighted by molar-refractivity contribution is 7.87. The highest BCUT2D eigenvalue weighted by atomic mass is 32.2. The third-order valence-electron chi connectivity index (χ3n) is 6.48. The minimum atomic E-state index is -4.31. The molecule has 1 atom stereocenters. The summed E-state index contributed by atoms with van der Waals surface area (Å²) in [6.07, 6.45) is 0. The lowest BCUT2D eigenvalue weighted by molar-refractivity contribution is 0.397. The molecule has 3 aromatic rings. The summed E-state index contributed by atoms with van der Waals surface area (Å²) in [5.74, 6) is 0.539. The Hall–Kier alpha value is -2.49. The van der Waals surface area contributed by atoms with E-state index in [1.165, 1.54) is 7.11 Å². The SMILES string of the molecule is COc1cc(C)c(C)cc1P(c1cc(S(=O)(=O)OC)c(C)cc1C)c1cc(CS(=O)(=O)O)c(C)cc1OC. The average molecular weight is 581 g/mol. The first-order chi connectivity index (χ1) is 17.6. The van der Waals surface area contributed by atoms with Crippen LogP contribution in [0.2, 0.25) is 0 Å². The van der Waals surface area contributed by atoms with Crippen molar-refractivity contribution in [3.05, 3.63) is 69.8 Å². The Morgan fingerprint density at radius 1 is 0.658 bits per heavy atom. The zero-order valence-corrected chi connectivity index (χ0v) is 25.3. The van der Waals surface area contributed by atoms with E-state index in [0.29, 0.717) is 38.8 Å². The first kappa shape index (κ1) is 30.1. The average Bonchev–Trinajstić information content (AvgIpc) is 2.83. The van der Waals surface area contributed by atoms with Crippen LogP contribution in [0, 0.1) is 34.6 Å². The van der Waals surface area contributed by atoms with Gasteiger partial charge in [-0.2, -0.15) is 16.8 Å². The van der Waals surface area contributed by atoms with Gasteiger partial charge in [0.05, 0.1) is 26.2 Å². The van der Waals surface area contributed by atoms with Gasteiger partial charge in [-0.25, -0.2) is 0 Å². The van der Waals surface area contributed by atoms with E-state index >= 15 is 0 Å². The molecule has 0 aliphatic rings. The number of hydrogen-bond donors (Lipinski definition) is 1. The summed E-state index contributed by atoms with van der Waals surface area (Å²) in [6, 6.07) is 10.8. The van der Waals surface area contributed by atoms with Crippen LogP contribution in [0.4, 0.5) is 0 Å². The van der Waals surface area contributed by atoms with Crippen LogP contribution in [0.5, 0.6) is 11.5 Å². The van der Waals surface area contributed by atoms with Crippen molar-refractivity contribution in [2.75, 3.05) is 21.3 Å². The van der Waals surface area contributed by atoms with E-state index in [4.69, 9.17) is 13.7 Å². The van der Waals surface area contributed by atoms with E-state index in [1.54, 1.807) is 45.2 Å². The quantitative estimate of drug-likeness (QED) is 0.231. The van der Waals surface area contributed by atoms with Crippen LogP contribution in [0.3, 0.4) is 0 Å². The summed E-state index contributed by atoms with van der Waals surface area (Å²) >= 11 is 0. The second kappa shape index (κ2) is 11.3. The van der Waals surface area contributed by atoms with Gasteiger partial charge in [0, 0.05) is 10.6 Å². The molecule has 0 spiro atoms. The minimum Gasteiger partial charge on any atom is -0.496 e. The Kier molecular flexibility index (Phi) is 8.95. The fourth-order valence-corrected chi connectivity index (χ4v) is 8.83. The molecule has 206 valence electrons. The van der Waals surface area contributed by atoms with Crippen LogP contribution < -0.4 is 25.4 Å². The van der Waals surface area contributed by atoms with Crippen molar-refractivity contribution in [1.29, 1.82) is 0 Å².